The molecule has 0 aliphatic rings. The number of alkyl halides is 5. The third-order valence-corrected chi connectivity index (χ3v) is 5.07. The lowest BCUT2D eigenvalue weighted by Gasteiger charge is -2.35. The van der Waals surface area contributed by atoms with Gasteiger partial charge in [0.25, 0.3) is 0 Å². The van der Waals surface area contributed by atoms with Gasteiger partial charge in [-0.1, -0.05) is 18.2 Å². The van der Waals surface area contributed by atoms with Gasteiger partial charge in [-0.2, -0.15) is 22.0 Å². The molecule has 0 saturated heterocycles. The Hall–Kier alpha value is -3.81. The van der Waals surface area contributed by atoms with Crippen LogP contribution in [0.25, 0.3) is 10.9 Å². The summed E-state index contributed by atoms with van der Waals surface area (Å²) in [5, 5.41) is 21.4. The molecule has 1 unspecified atom stereocenters. The summed E-state index contributed by atoms with van der Waals surface area (Å²) in [5.41, 5.74) is -5.85. The topological polar surface area (TPSA) is 86.0 Å². The van der Waals surface area contributed by atoms with Gasteiger partial charge < -0.3 is 9.84 Å². The van der Waals surface area contributed by atoms with Crippen molar-refractivity contribution in [3.8, 4) is 5.75 Å². The van der Waals surface area contributed by atoms with Crippen LogP contribution in [0.5, 0.6) is 5.75 Å². The maximum absolute atomic E-state index is 15.9. The van der Waals surface area contributed by atoms with Crippen molar-refractivity contribution >= 4 is 10.9 Å². The highest BCUT2D eigenvalue weighted by Crippen LogP contribution is 2.47. The van der Waals surface area contributed by atoms with Gasteiger partial charge in [0.15, 0.2) is 12.2 Å². The largest absolute Gasteiger partial charge is 0.482 e. The fourth-order valence-corrected chi connectivity index (χ4v) is 3.45. The molecule has 184 valence electrons. The zero-order valence-corrected chi connectivity index (χ0v) is 17.3. The number of nitrogens with zero attached hydrogens (tertiary/aromatic N) is 5. The minimum atomic E-state index is -4.70. The maximum atomic E-state index is 15.9. The Morgan fingerprint density at radius 3 is 2.40 bits per heavy atom. The van der Waals surface area contributed by atoms with E-state index in [9.17, 15) is 27.1 Å². The summed E-state index contributed by atoms with van der Waals surface area (Å²) in [5.74, 6) is -7.37. The summed E-state index contributed by atoms with van der Waals surface area (Å²) >= 11 is 0. The van der Waals surface area contributed by atoms with Gasteiger partial charge in [-0.3, -0.25) is 0 Å². The Labute approximate surface area is 191 Å². The van der Waals surface area contributed by atoms with Gasteiger partial charge in [0, 0.05) is 17.0 Å². The average molecular weight is 501 g/mol. The fraction of sp³-hybridized carbons (Fsp3) is 0.238. The van der Waals surface area contributed by atoms with Crippen molar-refractivity contribution in [2.75, 3.05) is 6.61 Å². The van der Waals surface area contributed by atoms with Crippen molar-refractivity contribution in [2.45, 2.75) is 24.2 Å². The van der Waals surface area contributed by atoms with E-state index >= 15 is 8.78 Å². The first-order valence-corrected chi connectivity index (χ1v) is 9.77. The lowest BCUT2D eigenvalue weighted by molar-refractivity contribution is -0.207. The molecule has 1 N–H and O–H groups in total. The van der Waals surface area contributed by atoms with E-state index in [1.807, 2.05) is 0 Å². The number of halogens is 7. The van der Waals surface area contributed by atoms with Crippen molar-refractivity contribution in [3.05, 3.63) is 77.8 Å². The van der Waals surface area contributed by atoms with Crippen molar-refractivity contribution < 1.29 is 40.6 Å². The Balaban J connectivity index is 1.85. The Bertz CT molecular complexity index is 1350. The summed E-state index contributed by atoms with van der Waals surface area (Å²) in [6.07, 6.45) is -3.81. The lowest BCUT2D eigenvalue weighted by atomic mass is 9.84. The molecule has 0 aliphatic heterocycles. The van der Waals surface area contributed by atoms with Crippen LogP contribution in [0.2, 0.25) is 0 Å². The van der Waals surface area contributed by atoms with Gasteiger partial charge >= 0.3 is 12.1 Å². The van der Waals surface area contributed by atoms with Gasteiger partial charge in [-0.05, 0) is 34.7 Å². The molecule has 0 fully saturated rings. The molecular weight excluding hydrogens is 487 g/mol. The zero-order valence-electron chi connectivity index (χ0n) is 17.3. The first-order valence-electron chi connectivity index (χ1n) is 9.77. The number of fused-ring (bicyclic) bond motifs is 1. The maximum Gasteiger partial charge on any atom is 0.422 e. The average Bonchev–Trinajstić information content (AvgIpc) is 3.29. The molecule has 0 radical (unpaired) electrons. The third-order valence-electron chi connectivity index (χ3n) is 5.07. The van der Waals surface area contributed by atoms with E-state index in [2.05, 4.69) is 20.5 Å². The Morgan fingerprint density at radius 2 is 1.74 bits per heavy atom. The molecule has 35 heavy (non-hydrogen) atoms. The second-order valence-corrected chi connectivity index (χ2v) is 7.49. The van der Waals surface area contributed by atoms with Gasteiger partial charge in [-0.15, -0.1) is 5.10 Å². The summed E-state index contributed by atoms with van der Waals surface area (Å²) in [4.78, 5) is 3.76. The minimum Gasteiger partial charge on any atom is -0.482 e. The fourth-order valence-electron chi connectivity index (χ4n) is 3.45. The molecule has 1 atom stereocenters. The molecule has 0 saturated carbocycles. The van der Waals surface area contributed by atoms with Crippen LogP contribution in [0.3, 0.4) is 0 Å². The van der Waals surface area contributed by atoms with Crippen LogP contribution in [-0.4, -0.2) is 43.1 Å². The van der Waals surface area contributed by atoms with Crippen molar-refractivity contribution in [1.29, 1.82) is 0 Å². The number of benzene rings is 2. The van der Waals surface area contributed by atoms with Crippen LogP contribution < -0.4 is 4.74 Å². The number of para-hydroxylation sites is 1. The summed E-state index contributed by atoms with van der Waals surface area (Å²) in [6.45, 7) is -2.78. The van der Waals surface area contributed by atoms with Crippen LogP contribution >= 0.6 is 0 Å². The molecule has 4 rings (SSSR count). The predicted octanol–water partition coefficient (Wildman–Crippen LogP) is 4.12. The van der Waals surface area contributed by atoms with Crippen LogP contribution in [0.4, 0.5) is 30.7 Å². The van der Waals surface area contributed by atoms with E-state index in [0.29, 0.717) is 22.9 Å². The van der Waals surface area contributed by atoms with E-state index in [4.69, 9.17) is 4.74 Å². The number of ether oxygens (including phenoxy) is 1. The molecule has 0 aliphatic carbocycles. The number of pyridine rings is 1. The quantitative estimate of drug-likeness (QED) is 0.384. The van der Waals surface area contributed by atoms with E-state index in [1.165, 1.54) is 12.1 Å². The smallest absolute Gasteiger partial charge is 0.422 e. The number of hydrogen-bond acceptors (Lipinski definition) is 6. The number of aliphatic hydroxyl groups is 1. The van der Waals surface area contributed by atoms with Crippen LogP contribution in [0, 0.1) is 11.6 Å². The Morgan fingerprint density at radius 1 is 0.971 bits per heavy atom. The molecule has 2 heterocycles. The second-order valence-electron chi connectivity index (χ2n) is 7.49. The molecule has 14 heteroatoms. The van der Waals surface area contributed by atoms with Gasteiger partial charge in [-0.25, -0.2) is 18.4 Å². The van der Waals surface area contributed by atoms with E-state index in [1.54, 1.807) is 0 Å². The second kappa shape index (κ2) is 8.76. The predicted molar refractivity (Wildman–Crippen MR) is 105 cm³/mol. The first-order chi connectivity index (χ1) is 16.4. The highest BCUT2D eigenvalue weighted by Gasteiger charge is 2.58. The number of hydrogen-bond donors (Lipinski definition) is 1. The standard InChI is InChI=1S/C21H14F7N5O2/c22-13-5-6-14(15(23)8-13)19(34,9-33-11-29-31-32-33)21(27,28)17-7-4-12-2-1-3-16(18(12)30-17)35-10-20(24,25)26/h1-8,11,34H,9-10H2. The lowest BCUT2D eigenvalue weighted by Crippen LogP contribution is -2.48. The molecule has 0 amide bonds. The number of rotatable bonds is 7. The molecular formula is C21H14F7N5O2. The SMILES string of the molecule is OC(Cn1cnnn1)(c1ccc(F)cc1F)C(F)(F)c1ccc2cccc(OCC(F)(F)F)c2n1. The van der Waals surface area contributed by atoms with Gasteiger partial charge in [0.2, 0.25) is 0 Å². The van der Waals surface area contributed by atoms with E-state index in [0.717, 1.165) is 24.5 Å². The molecule has 0 bridgehead atoms. The van der Waals surface area contributed by atoms with Crippen molar-refractivity contribution in [1.82, 2.24) is 25.2 Å². The van der Waals surface area contributed by atoms with Gasteiger partial charge in [0.1, 0.15) is 34.9 Å². The van der Waals surface area contributed by atoms with Crippen LogP contribution in [0.1, 0.15) is 11.3 Å². The molecule has 2 aromatic heterocycles. The Kier molecular flexibility index (Phi) is 6.09. The highest BCUT2D eigenvalue weighted by atomic mass is 19.4. The first kappa shape index (κ1) is 24.3. The summed E-state index contributed by atoms with van der Waals surface area (Å²) in [7, 11) is 0. The highest BCUT2D eigenvalue weighted by molar-refractivity contribution is 5.84. The van der Waals surface area contributed by atoms with Crippen LogP contribution in [0.15, 0.2) is 54.9 Å². The molecule has 7 nitrogen and oxygen atoms in total. The van der Waals surface area contributed by atoms with Crippen molar-refractivity contribution in [2.24, 2.45) is 0 Å². The third kappa shape index (κ3) is 4.73. The summed E-state index contributed by atoms with van der Waals surface area (Å²) < 4.78 is 103. The molecule has 2 aromatic carbocycles. The van der Waals surface area contributed by atoms with Crippen molar-refractivity contribution in [3.63, 3.8) is 0 Å². The van der Waals surface area contributed by atoms with E-state index in [-0.39, 0.29) is 10.9 Å². The number of aromatic nitrogens is 5. The summed E-state index contributed by atoms with van der Waals surface area (Å²) in [6, 6.07) is 7.43. The monoisotopic (exact) mass is 501 g/mol. The van der Waals surface area contributed by atoms with E-state index < -0.39 is 59.5 Å². The van der Waals surface area contributed by atoms with Gasteiger partial charge in [0.05, 0.1) is 6.54 Å². The van der Waals surface area contributed by atoms with Crippen LogP contribution in [-0.2, 0) is 18.1 Å². The molecule has 0 spiro atoms. The normalized spacial score (nSPS) is 14.2. The number of tetrazole rings is 1. The zero-order chi connectivity index (χ0) is 25.4. The molecule has 4 aromatic rings. The minimum absolute atomic E-state index is 0.168.